The van der Waals surface area contributed by atoms with Crippen LogP contribution in [0, 0.1) is 52.5 Å². The van der Waals surface area contributed by atoms with Crippen molar-refractivity contribution in [1.82, 2.24) is 74.9 Å². The van der Waals surface area contributed by atoms with Crippen molar-refractivity contribution in [1.29, 1.82) is 0 Å². The van der Waals surface area contributed by atoms with Crippen LogP contribution in [0.25, 0.3) is 76.5 Å². The van der Waals surface area contributed by atoms with Gasteiger partial charge in [0.05, 0.1) is 52.2 Å². The molecule has 0 bridgehead atoms. The number of halogens is 13. The van der Waals surface area contributed by atoms with Crippen molar-refractivity contribution in [3.63, 3.8) is 0 Å². The summed E-state index contributed by atoms with van der Waals surface area (Å²) in [5, 5.41) is 31.8. The average Bonchev–Trinajstić information content (AvgIpc) is 1.51. The quantitative estimate of drug-likeness (QED) is 0.0248. The second kappa shape index (κ2) is 44.8. The van der Waals surface area contributed by atoms with Gasteiger partial charge < -0.3 is 30.6 Å². The third-order valence-corrected chi connectivity index (χ3v) is 23.9. The molecule has 2 unspecified atom stereocenters. The van der Waals surface area contributed by atoms with Gasteiger partial charge >= 0.3 is 19.1 Å². The van der Waals surface area contributed by atoms with Gasteiger partial charge in [-0.15, -0.1) is 0 Å². The summed E-state index contributed by atoms with van der Waals surface area (Å²) in [6.07, 6.45) is 23.2. The molecule has 730 valence electrons. The lowest BCUT2D eigenvalue weighted by molar-refractivity contribution is -0.156. The van der Waals surface area contributed by atoms with Gasteiger partial charge in [-0.2, -0.15) is 13.9 Å². The van der Waals surface area contributed by atoms with Crippen molar-refractivity contribution in [3.05, 3.63) is 383 Å². The van der Waals surface area contributed by atoms with Crippen LogP contribution in [0.5, 0.6) is 0 Å². The summed E-state index contributed by atoms with van der Waals surface area (Å²) < 4.78 is 180. The highest BCUT2D eigenvalue weighted by Gasteiger charge is 2.67. The lowest BCUT2D eigenvalue weighted by Crippen LogP contribution is -2.35. The van der Waals surface area contributed by atoms with Crippen LogP contribution in [0.2, 0.25) is 0 Å². The molecule has 8 aromatic carbocycles. The summed E-state index contributed by atoms with van der Waals surface area (Å²) in [6.45, 7) is 9.94. The van der Waals surface area contributed by atoms with Crippen LogP contribution >= 0.6 is 15.9 Å². The first-order valence-electron chi connectivity index (χ1n) is 44.9. The van der Waals surface area contributed by atoms with Gasteiger partial charge in [0.2, 0.25) is 5.91 Å². The highest BCUT2D eigenvalue weighted by atomic mass is 79.9. The number of ether oxygens (including phenoxy) is 2. The summed E-state index contributed by atoms with van der Waals surface area (Å²) in [5.41, 5.74) is 12.2. The number of carbonyl (C=O) groups is 3. The summed E-state index contributed by atoms with van der Waals surface area (Å²) in [7, 11) is -1.42. The van der Waals surface area contributed by atoms with E-state index in [0.29, 0.717) is 65.6 Å². The number of fused-ring (bicyclic) bond motifs is 7. The maximum absolute atomic E-state index is 15.1. The number of nitrogens with one attached hydrogen (secondary N) is 1. The molecule has 9 aromatic heterocycles. The Morgan fingerprint density at radius 3 is 1.24 bits per heavy atom. The Morgan fingerprint density at radius 2 is 0.818 bits per heavy atom. The molecular weight excluding hydrogens is 1930 g/mol. The maximum atomic E-state index is 15.1. The molecule has 1 saturated carbocycles. The van der Waals surface area contributed by atoms with E-state index in [1.54, 1.807) is 140 Å². The van der Waals surface area contributed by atoms with Gasteiger partial charge in [0.1, 0.15) is 101 Å². The number of esters is 2. The van der Waals surface area contributed by atoms with E-state index in [-0.39, 0.29) is 61.8 Å². The summed E-state index contributed by atoms with van der Waals surface area (Å²) >= 11 is 3.37. The van der Waals surface area contributed by atoms with Gasteiger partial charge in [0, 0.05) is 155 Å². The largest absolute Gasteiger partial charge is 0.489 e. The third-order valence-electron chi connectivity index (χ3n) is 23.3. The van der Waals surface area contributed by atoms with E-state index in [0.717, 1.165) is 95.7 Å². The maximum Gasteiger partial charge on any atom is 0.489 e. The number of pyridine rings is 4. The Balaban J connectivity index is 0.000000140. The van der Waals surface area contributed by atoms with Gasteiger partial charge in [0.15, 0.2) is 0 Å². The van der Waals surface area contributed by atoms with Crippen LogP contribution in [-0.4, -0.2) is 116 Å². The molecule has 0 saturated heterocycles. The van der Waals surface area contributed by atoms with Crippen molar-refractivity contribution in [3.8, 4) is 33.4 Å². The molecule has 1 amide bonds. The fourth-order valence-electron chi connectivity index (χ4n) is 17.5. The average molecular weight is 2020 g/mol. The van der Waals surface area contributed by atoms with Crippen molar-refractivity contribution >= 4 is 89.4 Å². The topological polar surface area (TPSA) is 321 Å². The van der Waals surface area contributed by atoms with E-state index in [9.17, 15) is 58.3 Å². The number of amides is 1. The van der Waals surface area contributed by atoms with Crippen LogP contribution in [0.1, 0.15) is 159 Å². The molecule has 19 rings (SSSR count). The van der Waals surface area contributed by atoms with Crippen LogP contribution in [0.15, 0.2) is 274 Å². The second-order valence-corrected chi connectivity index (χ2v) is 36.9. The van der Waals surface area contributed by atoms with Crippen molar-refractivity contribution < 1.29 is 86.6 Å². The molecule has 37 heteroatoms. The molecule has 2 aliphatic carbocycles. The van der Waals surface area contributed by atoms with E-state index >= 15 is 8.78 Å². The lowest BCUT2D eigenvalue weighted by atomic mass is 9.77. The SMILES string of the molecule is CC(C)(C)OC(=O)C[C@@H](Cc1cc(F)cc(F)c1)c1ncncc1-c1cccc2cnccc12.CC(C)(C)OC(=O)C[C@@H](Cc1cc(F)cc(F)c1)c1ncncc1Br.N[C@@H](Cc1cc(F)cc(F)c1)c1ncncc1-c1cccc2cnccc12.O=C(Cn1nc(C(F)F)c2c1C(F)(F)C1CC21)N[C@@H](Cc1cc(F)cc(F)c1)c1ncncc1-c1cccc2cnccc12.OB(O)c1cccc2cnccc12. The van der Waals surface area contributed by atoms with Crippen molar-refractivity contribution in [2.45, 2.75) is 146 Å². The molecule has 2 aliphatic rings. The van der Waals surface area contributed by atoms with E-state index in [1.165, 1.54) is 67.9 Å². The normalized spacial score (nSPS) is 14.2. The molecule has 0 radical (unpaired) electrons. The Kier molecular flexibility index (Phi) is 32.1. The zero-order chi connectivity index (χ0) is 102. The smallest absolute Gasteiger partial charge is 0.460 e. The number of rotatable bonds is 24. The predicted molar refractivity (Wildman–Crippen MR) is 516 cm³/mol. The molecular formula is C106H90BBrF12N16O7. The Morgan fingerprint density at radius 1 is 0.455 bits per heavy atom. The van der Waals surface area contributed by atoms with Crippen LogP contribution < -0.4 is 16.5 Å². The fourth-order valence-corrected chi connectivity index (χ4v) is 18.1. The number of nitrogens with zero attached hydrogens (tertiary/aromatic N) is 14. The van der Waals surface area contributed by atoms with Gasteiger partial charge in [0.25, 0.3) is 12.3 Å². The molecule has 0 aliphatic heterocycles. The first-order valence-corrected chi connectivity index (χ1v) is 45.7. The zero-order valence-corrected chi connectivity index (χ0v) is 79.0. The van der Waals surface area contributed by atoms with E-state index in [1.807, 2.05) is 66.7 Å². The van der Waals surface area contributed by atoms with Gasteiger partial charge in [-0.1, -0.05) is 72.8 Å². The minimum Gasteiger partial charge on any atom is -0.460 e. The van der Waals surface area contributed by atoms with E-state index in [4.69, 9.17) is 25.3 Å². The molecule has 6 atom stereocenters. The Labute approximate surface area is 820 Å². The molecule has 1 fully saturated rings. The summed E-state index contributed by atoms with van der Waals surface area (Å²) in [5.74, 6) is -13.3. The number of carbonyl (C=O) groups excluding carboxylic acids is 3. The molecule has 5 N–H and O–H groups in total. The molecule has 23 nitrogen and oxygen atoms in total. The third kappa shape index (κ3) is 25.8. The van der Waals surface area contributed by atoms with E-state index < -0.39 is 149 Å². The van der Waals surface area contributed by atoms with Gasteiger partial charge in [-0.25, -0.2) is 83.8 Å². The lowest BCUT2D eigenvalue weighted by Gasteiger charge is -2.23. The van der Waals surface area contributed by atoms with Gasteiger partial charge in [-0.05, 0) is 240 Å². The molecule has 0 spiro atoms. The fraction of sp³-hybridized carbons (Fsp3) is 0.226. The summed E-state index contributed by atoms with van der Waals surface area (Å²) in [4.78, 5) is 88.9. The number of hydrogen-bond donors (Lipinski definition) is 4. The number of aromatic nitrogens is 14. The standard InChI is InChI=1S/C31H22F6N6O.C27H25F2N3O2.C21H16F2N4.C18H19BrF2N2O2.C9H8BNO2/c32-17-6-15(7-18(33)9-17)8-24(27-22(12-39-14-40-27)20-3-1-2-16-11-38-5-4-19(16)20)41-25(44)13-43-29-26(28(42-43)30(34)35)21-10-23(21)31(29,36)37;1-27(2,3)34-25(33)12-19(9-17-10-20(28)13-21(29)11-17)26-24(15-31-16-32-26)23-6-4-5-18-14-30-8-7-22(18)23;22-15-6-13(7-16(23)9-15)8-20(24)21-19(11-26-12-27-21)18-3-1-2-14-10-25-5-4-17(14)18;1-18(2,3)25-16(24)7-12(17-15(19)9-22-10-23-17)4-11-5-13(20)8-14(21)6-11;12-10(13)9-3-1-2-7-6-11-5-4-8(7)9/h1-7,9,11-12,14,21,23-24,30H,8,10,13H2,(H,41,44);4-8,10-11,13-16,19H,9,12H2,1-3H3;1-7,9-12,20H,8,24H2;5-6,8-10,12H,4,7H2,1-3H3;1-6,12-13H/t21?,23?,24-;19-;20-;12-;/m0101./s1. The number of alkyl halides is 4. The highest BCUT2D eigenvalue weighted by molar-refractivity contribution is 9.10. The first kappa shape index (κ1) is 102. The molecule has 17 aromatic rings. The number of nitrogens with two attached hydrogens (primary N) is 1. The highest BCUT2D eigenvalue weighted by Crippen LogP contribution is 2.68. The van der Waals surface area contributed by atoms with Crippen molar-refractivity contribution in [2.24, 2.45) is 11.7 Å². The van der Waals surface area contributed by atoms with Crippen molar-refractivity contribution in [2.75, 3.05) is 0 Å². The first-order chi connectivity index (χ1) is 68.3. The van der Waals surface area contributed by atoms with Crippen LogP contribution in [0.4, 0.5) is 52.7 Å². The minimum atomic E-state index is -3.40. The monoisotopic (exact) mass is 2020 g/mol. The van der Waals surface area contributed by atoms with E-state index in [2.05, 4.69) is 86.2 Å². The minimum absolute atomic E-state index is 0.00820. The Bertz CT molecular complexity index is 7420. The van der Waals surface area contributed by atoms with Crippen LogP contribution in [0.3, 0.4) is 0 Å². The predicted octanol–water partition coefficient (Wildman–Crippen LogP) is 21.1. The number of hydrogen-bond acceptors (Lipinski definition) is 21. The second-order valence-electron chi connectivity index (χ2n) is 36.1. The zero-order valence-electron chi connectivity index (χ0n) is 77.4. The number of benzene rings is 8. The molecule has 143 heavy (non-hydrogen) atoms. The van der Waals surface area contributed by atoms with Gasteiger partial charge in [-0.3, -0.25) is 39.0 Å². The Hall–Kier alpha value is -15.1. The molecule has 9 heterocycles. The van der Waals surface area contributed by atoms with Crippen LogP contribution in [-0.2, 0) is 62.0 Å². The summed E-state index contributed by atoms with van der Waals surface area (Å²) in [6, 6.07) is 41.4.